The summed E-state index contributed by atoms with van der Waals surface area (Å²) < 4.78 is 14.2. The highest BCUT2D eigenvalue weighted by Crippen LogP contribution is 2.36. The second-order valence-electron chi connectivity index (χ2n) is 6.34. The number of hydrogen-bond acceptors (Lipinski definition) is 4. The van der Waals surface area contributed by atoms with E-state index in [0.29, 0.717) is 10.6 Å². The quantitative estimate of drug-likeness (QED) is 0.730. The summed E-state index contributed by atoms with van der Waals surface area (Å²) in [5, 5.41) is 15.8. The molecule has 1 aliphatic rings. The number of halogens is 2. The van der Waals surface area contributed by atoms with Crippen molar-refractivity contribution < 1.29 is 14.0 Å². The second-order valence-corrected chi connectivity index (χ2v) is 7.73. The first-order chi connectivity index (χ1) is 14.0. The van der Waals surface area contributed by atoms with Crippen molar-refractivity contribution in [2.75, 3.05) is 5.75 Å². The molecule has 2 aromatic rings. The lowest BCUT2D eigenvalue weighted by molar-refractivity contribution is -0.121. The van der Waals surface area contributed by atoms with Crippen LogP contribution in [0.4, 0.5) is 4.39 Å². The molecule has 2 N–H and O–H groups in total. The third-order valence-electron chi connectivity index (χ3n) is 4.42. The Morgan fingerprint density at radius 3 is 2.72 bits per heavy atom. The fourth-order valence-corrected chi connectivity index (χ4v) is 4.09. The zero-order chi connectivity index (χ0) is 20.8. The first-order valence-electron chi connectivity index (χ1n) is 8.81. The predicted molar refractivity (Wildman–Crippen MR) is 110 cm³/mol. The van der Waals surface area contributed by atoms with Crippen LogP contribution in [-0.4, -0.2) is 17.6 Å². The number of nitriles is 1. The van der Waals surface area contributed by atoms with Gasteiger partial charge in [0.1, 0.15) is 5.82 Å². The van der Waals surface area contributed by atoms with E-state index >= 15 is 0 Å². The molecule has 3 rings (SSSR count). The van der Waals surface area contributed by atoms with Gasteiger partial charge in [-0.1, -0.05) is 59.8 Å². The smallest absolute Gasteiger partial charge is 0.230 e. The molecule has 0 radical (unpaired) electrons. The Labute approximate surface area is 176 Å². The standard InChI is InChI=1S/C21H17ClFN3O2S/c22-17-7-3-1-5-13(17)11-25-20(28)12-29-21-16(10-24)15(9-19(27)26-21)14-6-2-4-8-18(14)23/h1-8,15H,9,11-12H2,(H,25,28)(H,26,27). The average molecular weight is 430 g/mol. The van der Waals surface area contributed by atoms with Crippen molar-refractivity contribution in [3.63, 3.8) is 0 Å². The maximum Gasteiger partial charge on any atom is 0.230 e. The summed E-state index contributed by atoms with van der Waals surface area (Å²) in [4.78, 5) is 24.3. The van der Waals surface area contributed by atoms with Crippen LogP contribution >= 0.6 is 23.4 Å². The Balaban J connectivity index is 1.70. The number of carbonyl (C=O) groups excluding carboxylic acids is 2. The van der Waals surface area contributed by atoms with E-state index in [1.54, 1.807) is 30.3 Å². The van der Waals surface area contributed by atoms with Gasteiger partial charge in [0, 0.05) is 23.9 Å². The van der Waals surface area contributed by atoms with Gasteiger partial charge in [-0.25, -0.2) is 4.39 Å². The van der Waals surface area contributed by atoms with Crippen molar-refractivity contribution in [1.29, 1.82) is 5.26 Å². The molecular weight excluding hydrogens is 413 g/mol. The molecule has 1 aliphatic heterocycles. The van der Waals surface area contributed by atoms with Crippen LogP contribution in [0.25, 0.3) is 0 Å². The van der Waals surface area contributed by atoms with Crippen molar-refractivity contribution in [1.82, 2.24) is 10.6 Å². The van der Waals surface area contributed by atoms with Crippen LogP contribution < -0.4 is 10.6 Å². The van der Waals surface area contributed by atoms with Gasteiger partial charge in [0.15, 0.2) is 0 Å². The maximum absolute atomic E-state index is 14.2. The predicted octanol–water partition coefficient (Wildman–Crippen LogP) is 3.87. The van der Waals surface area contributed by atoms with Gasteiger partial charge >= 0.3 is 0 Å². The second kappa shape index (κ2) is 9.59. The van der Waals surface area contributed by atoms with Gasteiger partial charge in [-0.05, 0) is 23.3 Å². The average Bonchev–Trinajstić information content (AvgIpc) is 2.71. The highest BCUT2D eigenvalue weighted by Gasteiger charge is 2.31. The molecule has 5 nitrogen and oxygen atoms in total. The molecule has 0 spiro atoms. The number of nitrogens with zero attached hydrogens (tertiary/aromatic N) is 1. The summed E-state index contributed by atoms with van der Waals surface area (Å²) in [5.41, 5.74) is 1.33. The minimum Gasteiger partial charge on any atom is -0.351 e. The van der Waals surface area contributed by atoms with Crippen LogP contribution in [0, 0.1) is 17.1 Å². The van der Waals surface area contributed by atoms with E-state index in [1.165, 1.54) is 6.07 Å². The van der Waals surface area contributed by atoms with Crippen LogP contribution in [0.15, 0.2) is 59.1 Å². The monoisotopic (exact) mass is 429 g/mol. The summed E-state index contributed by atoms with van der Waals surface area (Å²) in [7, 11) is 0. The summed E-state index contributed by atoms with van der Waals surface area (Å²) in [6.45, 7) is 0.271. The number of carbonyl (C=O) groups is 2. The molecule has 29 heavy (non-hydrogen) atoms. The summed E-state index contributed by atoms with van der Waals surface area (Å²) in [5.74, 6) is -1.75. The van der Waals surface area contributed by atoms with Crippen LogP contribution in [0.2, 0.25) is 5.02 Å². The summed E-state index contributed by atoms with van der Waals surface area (Å²) in [6.07, 6.45) is -0.0212. The van der Waals surface area contributed by atoms with E-state index in [0.717, 1.165) is 17.3 Å². The number of thioether (sulfide) groups is 1. The molecule has 0 saturated heterocycles. The molecule has 0 fully saturated rings. The maximum atomic E-state index is 14.2. The normalized spacial score (nSPS) is 16.2. The molecule has 1 unspecified atom stereocenters. The number of hydrogen-bond donors (Lipinski definition) is 2. The van der Waals surface area contributed by atoms with E-state index in [1.807, 2.05) is 12.1 Å². The topological polar surface area (TPSA) is 82.0 Å². The molecule has 0 saturated carbocycles. The number of allylic oxidation sites excluding steroid dienone is 1. The minimum atomic E-state index is -0.677. The zero-order valence-corrected chi connectivity index (χ0v) is 16.8. The van der Waals surface area contributed by atoms with Crippen molar-refractivity contribution >= 4 is 35.2 Å². The third-order valence-corrected chi connectivity index (χ3v) is 5.80. The van der Waals surface area contributed by atoms with Gasteiger partial charge in [0.05, 0.1) is 22.4 Å². The molecule has 1 heterocycles. The minimum absolute atomic E-state index is 0.00472. The van der Waals surface area contributed by atoms with Gasteiger partial charge in [0.2, 0.25) is 11.8 Å². The van der Waals surface area contributed by atoms with Crippen LogP contribution in [0.1, 0.15) is 23.5 Å². The SMILES string of the molecule is N#CC1=C(SCC(=O)NCc2ccccc2Cl)NC(=O)CC1c1ccccc1F. The first kappa shape index (κ1) is 20.9. The lowest BCUT2D eigenvalue weighted by Crippen LogP contribution is -2.32. The molecule has 8 heteroatoms. The third kappa shape index (κ3) is 5.17. The van der Waals surface area contributed by atoms with Crippen molar-refractivity contribution in [2.24, 2.45) is 0 Å². The van der Waals surface area contributed by atoms with E-state index in [-0.39, 0.29) is 41.1 Å². The Morgan fingerprint density at radius 1 is 1.28 bits per heavy atom. The summed E-state index contributed by atoms with van der Waals surface area (Å²) >= 11 is 7.11. The molecule has 148 valence electrons. The fourth-order valence-electron chi connectivity index (χ4n) is 2.98. The number of rotatable bonds is 6. The fraction of sp³-hybridized carbons (Fsp3) is 0.190. The Kier molecular flexibility index (Phi) is 6.91. The molecule has 0 bridgehead atoms. The number of nitrogens with one attached hydrogen (secondary N) is 2. The molecule has 1 atom stereocenters. The Hall–Kier alpha value is -2.82. The van der Waals surface area contributed by atoms with Gasteiger partial charge in [-0.2, -0.15) is 5.26 Å². The lowest BCUT2D eigenvalue weighted by Gasteiger charge is -2.25. The first-order valence-corrected chi connectivity index (χ1v) is 10.2. The molecule has 0 aliphatic carbocycles. The van der Waals surface area contributed by atoms with E-state index < -0.39 is 11.7 Å². The van der Waals surface area contributed by atoms with E-state index in [4.69, 9.17) is 11.6 Å². The van der Waals surface area contributed by atoms with Gasteiger partial charge < -0.3 is 10.6 Å². The van der Waals surface area contributed by atoms with Gasteiger partial charge in [-0.3, -0.25) is 9.59 Å². The highest BCUT2D eigenvalue weighted by atomic mass is 35.5. The van der Waals surface area contributed by atoms with Crippen LogP contribution in [-0.2, 0) is 16.1 Å². The largest absolute Gasteiger partial charge is 0.351 e. The van der Waals surface area contributed by atoms with Crippen molar-refractivity contribution in [3.8, 4) is 6.07 Å². The zero-order valence-electron chi connectivity index (χ0n) is 15.2. The Morgan fingerprint density at radius 2 is 2.00 bits per heavy atom. The summed E-state index contributed by atoms with van der Waals surface area (Å²) in [6, 6.07) is 15.3. The van der Waals surface area contributed by atoms with Crippen LogP contribution in [0.5, 0.6) is 0 Å². The number of amides is 2. The van der Waals surface area contributed by atoms with E-state index in [2.05, 4.69) is 16.7 Å². The highest BCUT2D eigenvalue weighted by molar-refractivity contribution is 8.03. The molecule has 2 aromatic carbocycles. The molecule has 2 amide bonds. The van der Waals surface area contributed by atoms with Gasteiger partial charge in [-0.15, -0.1) is 0 Å². The van der Waals surface area contributed by atoms with Crippen LogP contribution in [0.3, 0.4) is 0 Å². The molecule has 0 aromatic heterocycles. The van der Waals surface area contributed by atoms with Crippen molar-refractivity contribution in [3.05, 3.63) is 81.1 Å². The Bertz CT molecular complexity index is 1020. The number of benzene rings is 2. The van der Waals surface area contributed by atoms with E-state index in [9.17, 15) is 19.2 Å². The lowest BCUT2D eigenvalue weighted by atomic mass is 9.87. The van der Waals surface area contributed by atoms with Crippen molar-refractivity contribution in [2.45, 2.75) is 18.9 Å². The molecular formula is C21H17ClFN3O2S. The van der Waals surface area contributed by atoms with Gasteiger partial charge in [0.25, 0.3) is 0 Å².